The van der Waals surface area contributed by atoms with Crippen LogP contribution in [-0.4, -0.2) is 67.4 Å². The van der Waals surface area contributed by atoms with Gasteiger partial charge in [0, 0.05) is 26.2 Å². The van der Waals surface area contributed by atoms with E-state index in [9.17, 15) is 18.8 Å². The van der Waals surface area contributed by atoms with E-state index in [4.69, 9.17) is 9.47 Å². The Bertz CT molecular complexity index is 976. The number of amides is 3. The number of likely N-dealkylation sites (tertiary alicyclic amines) is 1. The molecular formula is C24H33FN4O5. The maximum atomic E-state index is 14.3. The monoisotopic (exact) mass is 476 g/mol. The first kappa shape index (κ1) is 26.8. The molecule has 0 atom stereocenters. The van der Waals surface area contributed by atoms with Crippen LogP contribution in [-0.2, 0) is 9.53 Å². The summed E-state index contributed by atoms with van der Waals surface area (Å²) in [4.78, 5) is 43.5. The number of halogens is 1. The highest BCUT2D eigenvalue weighted by molar-refractivity contribution is 6.45. The molecule has 2 rings (SSSR count). The highest BCUT2D eigenvalue weighted by Gasteiger charge is 2.29. The van der Waals surface area contributed by atoms with Crippen molar-refractivity contribution in [2.75, 3.05) is 27.2 Å². The molecule has 0 bridgehead atoms. The average molecular weight is 477 g/mol. The van der Waals surface area contributed by atoms with E-state index in [1.165, 1.54) is 32.4 Å². The number of nitrogens with one attached hydrogen (secondary N) is 2. The first-order valence-electron chi connectivity index (χ1n) is 11.1. The van der Waals surface area contributed by atoms with E-state index in [1.54, 1.807) is 11.8 Å². The summed E-state index contributed by atoms with van der Waals surface area (Å²) in [5.74, 6) is -1.91. The van der Waals surface area contributed by atoms with E-state index in [0.717, 1.165) is 6.07 Å². The molecule has 1 aromatic carbocycles. The lowest BCUT2D eigenvalue weighted by molar-refractivity contribution is -0.115. The van der Waals surface area contributed by atoms with E-state index in [2.05, 4.69) is 15.6 Å². The van der Waals surface area contributed by atoms with Crippen LogP contribution in [0.25, 0.3) is 0 Å². The normalized spacial score (nSPS) is 15.6. The fourth-order valence-electron chi connectivity index (χ4n) is 3.48. The second-order valence-electron chi connectivity index (χ2n) is 8.76. The molecule has 0 spiro atoms. The number of rotatable bonds is 6. The third kappa shape index (κ3) is 7.03. The number of piperidine rings is 1. The van der Waals surface area contributed by atoms with E-state index < -0.39 is 23.2 Å². The molecule has 0 aromatic heterocycles. The van der Waals surface area contributed by atoms with Crippen molar-refractivity contribution in [2.24, 2.45) is 4.99 Å². The molecule has 0 radical (unpaired) electrons. The number of hydrogen-bond donors (Lipinski definition) is 2. The summed E-state index contributed by atoms with van der Waals surface area (Å²) in [5, 5.41) is 5.45. The highest BCUT2D eigenvalue weighted by Crippen LogP contribution is 2.21. The molecule has 1 aliphatic rings. The number of carbonyl (C=O) groups excluding carboxylic acids is 3. The Labute approximate surface area is 199 Å². The molecule has 3 amide bonds. The van der Waals surface area contributed by atoms with Crippen LogP contribution in [0.1, 0.15) is 50.9 Å². The van der Waals surface area contributed by atoms with Crippen LogP contribution in [0.4, 0.5) is 9.18 Å². The molecular weight excluding hydrogens is 443 g/mol. The van der Waals surface area contributed by atoms with Crippen molar-refractivity contribution < 1.29 is 28.2 Å². The van der Waals surface area contributed by atoms with Gasteiger partial charge in [0.1, 0.15) is 28.4 Å². The zero-order valence-electron chi connectivity index (χ0n) is 20.5. The van der Waals surface area contributed by atoms with Gasteiger partial charge >= 0.3 is 6.09 Å². The maximum Gasteiger partial charge on any atom is 0.410 e. The number of aliphatic imine (C=N–C) groups is 1. The summed E-state index contributed by atoms with van der Waals surface area (Å²) in [6, 6.07) is 3.88. The third-order valence-electron chi connectivity index (χ3n) is 5.13. The molecule has 1 heterocycles. The van der Waals surface area contributed by atoms with Gasteiger partial charge in [-0.3, -0.25) is 14.6 Å². The van der Waals surface area contributed by atoms with E-state index in [1.807, 2.05) is 20.8 Å². The quantitative estimate of drug-likeness (QED) is 0.614. The van der Waals surface area contributed by atoms with Gasteiger partial charge in [-0.2, -0.15) is 0 Å². The third-order valence-corrected chi connectivity index (χ3v) is 5.13. The van der Waals surface area contributed by atoms with E-state index in [0.29, 0.717) is 25.9 Å². The minimum Gasteiger partial charge on any atom is -0.496 e. The Morgan fingerprint density at radius 1 is 1.21 bits per heavy atom. The van der Waals surface area contributed by atoms with Gasteiger partial charge in [0.25, 0.3) is 11.8 Å². The molecule has 2 N–H and O–H groups in total. The Hall–Kier alpha value is -3.43. The lowest BCUT2D eigenvalue weighted by Gasteiger charge is -2.33. The Kier molecular flexibility index (Phi) is 9.17. The van der Waals surface area contributed by atoms with Gasteiger partial charge in [-0.15, -0.1) is 0 Å². The van der Waals surface area contributed by atoms with Gasteiger partial charge in [-0.1, -0.05) is 12.1 Å². The van der Waals surface area contributed by atoms with Crippen molar-refractivity contribution in [1.29, 1.82) is 0 Å². The molecule has 34 heavy (non-hydrogen) atoms. The second-order valence-corrected chi connectivity index (χ2v) is 8.76. The summed E-state index contributed by atoms with van der Waals surface area (Å²) < 4.78 is 24.7. The number of allylic oxidation sites excluding steroid dienone is 1. The smallest absolute Gasteiger partial charge is 0.410 e. The van der Waals surface area contributed by atoms with Gasteiger partial charge in [0.05, 0.1) is 12.8 Å². The molecule has 1 fully saturated rings. The Balaban J connectivity index is 2.01. The number of benzene rings is 1. The summed E-state index contributed by atoms with van der Waals surface area (Å²) in [5.41, 5.74) is -0.703. The van der Waals surface area contributed by atoms with Crippen LogP contribution in [0.2, 0.25) is 0 Å². The summed E-state index contributed by atoms with van der Waals surface area (Å²) in [6.07, 6.45) is 2.23. The van der Waals surface area contributed by atoms with Crippen molar-refractivity contribution in [2.45, 2.75) is 52.2 Å². The molecule has 9 nitrogen and oxygen atoms in total. The van der Waals surface area contributed by atoms with Crippen molar-refractivity contribution in [3.63, 3.8) is 0 Å². The lowest BCUT2D eigenvalue weighted by Crippen LogP contribution is -2.49. The fourth-order valence-corrected chi connectivity index (χ4v) is 3.48. The first-order chi connectivity index (χ1) is 16.0. The van der Waals surface area contributed by atoms with Crippen LogP contribution in [0.3, 0.4) is 0 Å². The average Bonchev–Trinajstić information content (AvgIpc) is 2.77. The molecule has 1 saturated heterocycles. The van der Waals surface area contributed by atoms with Crippen LogP contribution >= 0.6 is 0 Å². The molecule has 1 aromatic rings. The van der Waals surface area contributed by atoms with Crippen molar-refractivity contribution >= 4 is 23.6 Å². The van der Waals surface area contributed by atoms with Gasteiger partial charge in [0.2, 0.25) is 0 Å². The number of hydrogen-bond acceptors (Lipinski definition) is 6. The van der Waals surface area contributed by atoms with Crippen LogP contribution < -0.4 is 15.4 Å². The topological polar surface area (TPSA) is 109 Å². The first-order valence-corrected chi connectivity index (χ1v) is 11.1. The molecule has 186 valence electrons. The Morgan fingerprint density at radius 2 is 1.85 bits per heavy atom. The van der Waals surface area contributed by atoms with Crippen molar-refractivity contribution in [3.05, 3.63) is 41.4 Å². The SMILES string of the molecule is C/C=C(/NC(=O)c1c(F)cccc1OC)C(=NC)C(=O)NC1CCN(C(=O)OC(C)(C)C)CC1. The van der Waals surface area contributed by atoms with Crippen LogP contribution in [0.5, 0.6) is 5.75 Å². The molecule has 0 saturated carbocycles. The molecule has 1 aliphatic heterocycles. The Morgan fingerprint density at radius 3 is 2.38 bits per heavy atom. The summed E-state index contributed by atoms with van der Waals surface area (Å²) >= 11 is 0. The van der Waals surface area contributed by atoms with Gasteiger partial charge < -0.3 is 25.0 Å². The molecule has 0 aliphatic carbocycles. The van der Waals surface area contributed by atoms with Gasteiger partial charge in [-0.05, 0) is 52.7 Å². The number of methoxy groups -OCH3 is 1. The van der Waals surface area contributed by atoms with Crippen LogP contribution in [0, 0.1) is 5.82 Å². The lowest BCUT2D eigenvalue weighted by atomic mass is 10.0. The zero-order chi connectivity index (χ0) is 25.5. The molecule has 0 unspecified atom stereocenters. The van der Waals surface area contributed by atoms with Crippen molar-refractivity contribution in [1.82, 2.24) is 15.5 Å². The predicted molar refractivity (Wildman–Crippen MR) is 127 cm³/mol. The second kappa shape index (κ2) is 11.6. The summed E-state index contributed by atoms with van der Waals surface area (Å²) in [7, 11) is 2.77. The number of ether oxygens (including phenoxy) is 2. The fraction of sp³-hybridized carbons (Fsp3) is 0.500. The highest BCUT2D eigenvalue weighted by atomic mass is 19.1. The number of carbonyl (C=O) groups is 3. The largest absolute Gasteiger partial charge is 0.496 e. The predicted octanol–water partition coefficient (Wildman–Crippen LogP) is 3.05. The van der Waals surface area contributed by atoms with Gasteiger partial charge in [0.15, 0.2) is 0 Å². The van der Waals surface area contributed by atoms with E-state index in [-0.39, 0.29) is 34.9 Å². The minimum absolute atomic E-state index is 0.000674. The van der Waals surface area contributed by atoms with Crippen LogP contribution in [0.15, 0.2) is 35.0 Å². The standard InChI is InChI=1S/C24H33FN4O5/c1-7-17(28-21(30)19-16(25)9-8-10-18(19)33-6)20(26-5)22(31)27-15-11-13-29(14-12-15)23(32)34-24(2,3)4/h7-10,15H,11-14H2,1-6H3,(H,27,31)(H,28,30)/b17-7+,26-20?. The zero-order valence-corrected chi connectivity index (χ0v) is 20.5. The van der Waals surface area contributed by atoms with Gasteiger partial charge in [-0.25, -0.2) is 9.18 Å². The summed E-state index contributed by atoms with van der Waals surface area (Å²) in [6.45, 7) is 7.94. The molecule has 10 heteroatoms. The maximum absolute atomic E-state index is 14.3. The van der Waals surface area contributed by atoms with Crippen molar-refractivity contribution in [3.8, 4) is 5.75 Å². The van der Waals surface area contributed by atoms with E-state index >= 15 is 0 Å². The minimum atomic E-state index is -0.761. The number of nitrogens with zero attached hydrogens (tertiary/aromatic N) is 2.